The van der Waals surface area contributed by atoms with Gasteiger partial charge in [0.15, 0.2) is 5.82 Å². The molecule has 0 aliphatic heterocycles. The number of nitrogens with one attached hydrogen (secondary N) is 1. The number of anilines is 1. The molecule has 0 fully saturated rings. The van der Waals surface area contributed by atoms with Gasteiger partial charge in [-0.25, -0.2) is 8.42 Å². The molecule has 0 radical (unpaired) electrons. The number of aryl methyl sites for hydroxylation is 1. The second-order valence-electron chi connectivity index (χ2n) is 5.69. The maximum absolute atomic E-state index is 12.4. The van der Waals surface area contributed by atoms with E-state index in [4.69, 9.17) is 4.52 Å². The van der Waals surface area contributed by atoms with Crippen LogP contribution in [0.4, 0.5) is 5.82 Å². The lowest BCUT2D eigenvalue weighted by molar-refractivity contribution is -0.133. The molecule has 2 aromatic rings. The van der Waals surface area contributed by atoms with Crippen molar-refractivity contribution in [3.63, 3.8) is 0 Å². The van der Waals surface area contributed by atoms with E-state index in [1.54, 1.807) is 31.2 Å². The van der Waals surface area contributed by atoms with Crippen molar-refractivity contribution in [2.75, 3.05) is 32.5 Å². The molecule has 1 N–H and O–H groups in total. The highest BCUT2D eigenvalue weighted by atomic mass is 32.2. The first kappa shape index (κ1) is 19.6. The molecule has 0 saturated heterocycles. The third kappa shape index (κ3) is 4.90. The molecule has 26 heavy (non-hydrogen) atoms. The van der Waals surface area contributed by atoms with Crippen molar-refractivity contribution in [3.8, 4) is 0 Å². The third-order valence-corrected chi connectivity index (χ3v) is 5.33. The van der Waals surface area contributed by atoms with Gasteiger partial charge in [-0.15, -0.1) is 0 Å². The van der Waals surface area contributed by atoms with Gasteiger partial charge in [0.25, 0.3) is 0 Å². The van der Waals surface area contributed by atoms with Crippen LogP contribution in [-0.2, 0) is 19.6 Å². The predicted molar refractivity (Wildman–Crippen MR) is 93.8 cm³/mol. The summed E-state index contributed by atoms with van der Waals surface area (Å²) in [6.45, 7) is 1.05. The van der Waals surface area contributed by atoms with Crippen molar-refractivity contribution in [3.05, 3.63) is 42.2 Å². The van der Waals surface area contributed by atoms with Crippen LogP contribution in [0.3, 0.4) is 0 Å². The van der Waals surface area contributed by atoms with Crippen LogP contribution in [0.5, 0.6) is 0 Å². The van der Waals surface area contributed by atoms with E-state index in [1.165, 1.54) is 26.2 Å². The number of amides is 2. The van der Waals surface area contributed by atoms with E-state index in [2.05, 4.69) is 10.5 Å². The van der Waals surface area contributed by atoms with Gasteiger partial charge in [-0.05, 0) is 19.1 Å². The number of carbonyl (C=O) groups is 2. The Morgan fingerprint density at radius 3 is 2.38 bits per heavy atom. The summed E-state index contributed by atoms with van der Waals surface area (Å²) in [5, 5.41) is 6.11. The maximum atomic E-state index is 12.4. The van der Waals surface area contributed by atoms with Crippen LogP contribution in [0.25, 0.3) is 0 Å². The Labute approximate surface area is 151 Å². The Morgan fingerprint density at radius 2 is 1.81 bits per heavy atom. The van der Waals surface area contributed by atoms with Crippen LogP contribution < -0.4 is 5.32 Å². The molecule has 0 bridgehead atoms. The lowest BCUT2D eigenvalue weighted by Gasteiger charge is -2.21. The largest absolute Gasteiger partial charge is 0.360 e. The van der Waals surface area contributed by atoms with E-state index < -0.39 is 21.8 Å². The number of nitrogens with zero attached hydrogens (tertiary/aromatic N) is 3. The highest BCUT2D eigenvalue weighted by Gasteiger charge is 2.24. The van der Waals surface area contributed by atoms with E-state index in [0.717, 1.165) is 9.21 Å². The summed E-state index contributed by atoms with van der Waals surface area (Å²) in [6.07, 6.45) is 0. The van der Waals surface area contributed by atoms with Gasteiger partial charge in [-0.1, -0.05) is 23.4 Å². The number of likely N-dealkylation sites (N-methyl/N-ethyl adjacent to an activating group) is 2. The SMILES string of the molecule is Cc1cc(NC(=O)CN(C)C(=O)CN(C)S(=O)(=O)c2ccccc2)no1. The molecule has 1 aromatic carbocycles. The topological polar surface area (TPSA) is 113 Å². The molecule has 0 aliphatic carbocycles. The van der Waals surface area contributed by atoms with Gasteiger partial charge in [-0.2, -0.15) is 4.31 Å². The molecule has 10 heteroatoms. The fourth-order valence-electron chi connectivity index (χ4n) is 2.08. The van der Waals surface area contributed by atoms with E-state index in [9.17, 15) is 18.0 Å². The number of benzene rings is 1. The summed E-state index contributed by atoms with van der Waals surface area (Å²) < 4.78 is 30.6. The van der Waals surface area contributed by atoms with Gasteiger partial charge in [-0.3, -0.25) is 9.59 Å². The van der Waals surface area contributed by atoms with E-state index in [1.807, 2.05) is 0 Å². The molecule has 1 aromatic heterocycles. The van der Waals surface area contributed by atoms with Gasteiger partial charge in [0.2, 0.25) is 21.8 Å². The summed E-state index contributed by atoms with van der Waals surface area (Å²) in [4.78, 5) is 25.4. The van der Waals surface area contributed by atoms with Gasteiger partial charge in [0.05, 0.1) is 18.0 Å². The Hall–Kier alpha value is -2.72. The van der Waals surface area contributed by atoms with Crippen LogP contribution in [-0.4, -0.2) is 61.8 Å². The molecule has 140 valence electrons. The lowest BCUT2D eigenvalue weighted by Crippen LogP contribution is -2.42. The molecule has 1 heterocycles. The number of carbonyl (C=O) groups excluding carboxylic acids is 2. The molecule has 2 amide bonds. The van der Waals surface area contributed by atoms with Crippen LogP contribution in [0, 0.1) is 6.92 Å². The molecule has 0 spiro atoms. The van der Waals surface area contributed by atoms with Crippen molar-refractivity contribution in [1.82, 2.24) is 14.4 Å². The minimum atomic E-state index is -3.78. The molecule has 0 unspecified atom stereocenters. The standard InChI is InChI=1S/C16H20N4O5S/c1-12-9-14(18-25-12)17-15(21)10-19(2)16(22)11-20(3)26(23,24)13-7-5-4-6-8-13/h4-9H,10-11H2,1-3H3,(H,17,18,21). The van der Waals surface area contributed by atoms with Crippen molar-refractivity contribution in [1.29, 1.82) is 0 Å². The molecule has 0 saturated carbocycles. The summed E-state index contributed by atoms with van der Waals surface area (Å²) in [5.41, 5.74) is 0. The number of aromatic nitrogens is 1. The molecule has 9 nitrogen and oxygen atoms in total. The third-order valence-electron chi connectivity index (χ3n) is 3.51. The van der Waals surface area contributed by atoms with Crippen LogP contribution in [0.15, 0.2) is 45.8 Å². The minimum Gasteiger partial charge on any atom is -0.360 e. The van der Waals surface area contributed by atoms with E-state index >= 15 is 0 Å². The van der Waals surface area contributed by atoms with Gasteiger partial charge >= 0.3 is 0 Å². The number of sulfonamides is 1. The zero-order chi connectivity index (χ0) is 19.3. The molecule has 0 aliphatic rings. The monoisotopic (exact) mass is 380 g/mol. The summed E-state index contributed by atoms with van der Waals surface area (Å²) in [7, 11) is -1.05. The molecule has 0 atom stereocenters. The van der Waals surface area contributed by atoms with E-state index in [-0.39, 0.29) is 23.8 Å². The maximum Gasteiger partial charge on any atom is 0.245 e. The van der Waals surface area contributed by atoms with Crippen molar-refractivity contribution < 1.29 is 22.5 Å². The minimum absolute atomic E-state index is 0.0945. The van der Waals surface area contributed by atoms with Crippen LogP contribution in [0.2, 0.25) is 0 Å². The highest BCUT2D eigenvalue weighted by Crippen LogP contribution is 2.13. The van der Waals surface area contributed by atoms with E-state index in [0.29, 0.717) is 5.76 Å². The highest BCUT2D eigenvalue weighted by molar-refractivity contribution is 7.89. The predicted octanol–water partition coefficient (Wildman–Crippen LogP) is 0.701. The summed E-state index contributed by atoms with van der Waals surface area (Å²) in [5.74, 6) is -0.198. The van der Waals surface area contributed by atoms with Crippen molar-refractivity contribution >= 4 is 27.7 Å². The first-order valence-corrected chi connectivity index (χ1v) is 9.12. The van der Waals surface area contributed by atoms with Crippen molar-refractivity contribution in [2.24, 2.45) is 0 Å². The number of hydrogen-bond donors (Lipinski definition) is 1. The van der Waals surface area contributed by atoms with Crippen LogP contribution in [0.1, 0.15) is 5.76 Å². The molecular formula is C16H20N4O5S. The van der Waals surface area contributed by atoms with Crippen LogP contribution >= 0.6 is 0 Å². The zero-order valence-electron chi connectivity index (χ0n) is 14.7. The fraction of sp³-hybridized carbons (Fsp3) is 0.312. The normalized spacial score (nSPS) is 11.4. The Balaban J connectivity index is 1.92. The van der Waals surface area contributed by atoms with Gasteiger partial charge in [0, 0.05) is 20.2 Å². The zero-order valence-corrected chi connectivity index (χ0v) is 15.5. The second-order valence-corrected chi connectivity index (χ2v) is 7.74. The van der Waals surface area contributed by atoms with Crippen molar-refractivity contribution in [2.45, 2.75) is 11.8 Å². The first-order chi connectivity index (χ1) is 12.2. The quantitative estimate of drug-likeness (QED) is 0.757. The second kappa shape index (κ2) is 8.11. The summed E-state index contributed by atoms with van der Waals surface area (Å²) in [6, 6.07) is 9.35. The average Bonchev–Trinajstić information content (AvgIpc) is 3.00. The Bertz CT molecular complexity index is 879. The number of hydrogen-bond acceptors (Lipinski definition) is 6. The van der Waals surface area contributed by atoms with Gasteiger partial charge in [0.1, 0.15) is 5.76 Å². The van der Waals surface area contributed by atoms with Gasteiger partial charge < -0.3 is 14.7 Å². The molecular weight excluding hydrogens is 360 g/mol. The lowest BCUT2D eigenvalue weighted by atomic mass is 10.4. The smallest absolute Gasteiger partial charge is 0.245 e. The fourth-order valence-corrected chi connectivity index (χ4v) is 3.22. The Kier molecular flexibility index (Phi) is 6.11. The Morgan fingerprint density at radius 1 is 1.15 bits per heavy atom. The number of rotatable bonds is 7. The molecule has 2 rings (SSSR count). The first-order valence-electron chi connectivity index (χ1n) is 7.68. The average molecular weight is 380 g/mol. The summed E-state index contributed by atoms with van der Waals surface area (Å²) >= 11 is 0.